The van der Waals surface area contributed by atoms with Crippen LogP contribution in [0.3, 0.4) is 0 Å². The van der Waals surface area contributed by atoms with Crippen LogP contribution in [0.5, 0.6) is 0 Å². The highest BCUT2D eigenvalue weighted by atomic mass is 16.5. The van der Waals surface area contributed by atoms with Gasteiger partial charge in [-0.2, -0.15) is 0 Å². The Bertz CT molecular complexity index is 1120. The van der Waals surface area contributed by atoms with Gasteiger partial charge in [0.05, 0.1) is 24.2 Å². The summed E-state index contributed by atoms with van der Waals surface area (Å²) in [6, 6.07) is 7.87. The molecule has 1 aliphatic rings. The minimum Gasteiger partial charge on any atom is -0.396 e. The molecule has 4 rings (SSSR count). The van der Waals surface area contributed by atoms with Crippen molar-refractivity contribution >= 4 is 10.9 Å². The van der Waals surface area contributed by atoms with Crippen LogP contribution in [0.2, 0.25) is 0 Å². The number of benzene rings is 1. The highest BCUT2D eigenvalue weighted by Crippen LogP contribution is 2.29. The first kappa shape index (κ1) is 23.5. The molecule has 178 valence electrons. The van der Waals surface area contributed by atoms with Crippen molar-refractivity contribution < 1.29 is 9.84 Å². The zero-order chi connectivity index (χ0) is 23.4. The molecule has 2 aromatic heterocycles. The number of nitrogens with zero attached hydrogens (tertiary/aromatic N) is 5. The number of fused-ring (bicyclic) bond motifs is 1. The van der Waals surface area contributed by atoms with Crippen molar-refractivity contribution in [3.63, 3.8) is 0 Å². The number of aliphatic hydroxyl groups excluding tert-OH is 1. The zero-order valence-electron chi connectivity index (χ0n) is 19.7. The highest BCUT2D eigenvalue weighted by Gasteiger charge is 2.30. The zero-order valence-corrected chi connectivity index (χ0v) is 19.7. The predicted octanol–water partition coefficient (Wildman–Crippen LogP) is 2.58. The van der Waals surface area contributed by atoms with Gasteiger partial charge in [-0.25, -0.2) is 4.68 Å². The molecule has 0 unspecified atom stereocenters. The Morgan fingerprint density at radius 2 is 2.21 bits per heavy atom. The SMILES string of the molecule is Cc1cccc2cc(CN(CCCO)[C@H](c3nnnn3C[C@@H]3CCCO3)C(C)C)c(=O)[nH]c12. The number of ether oxygens (including phenoxy) is 1. The van der Waals surface area contributed by atoms with E-state index in [9.17, 15) is 9.90 Å². The van der Waals surface area contributed by atoms with Crippen LogP contribution in [0.4, 0.5) is 0 Å². The van der Waals surface area contributed by atoms with Crippen LogP contribution in [-0.4, -0.2) is 61.1 Å². The minimum absolute atomic E-state index is 0.0788. The number of pyridine rings is 1. The second kappa shape index (κ2) is 10.5. The maximum Gasteiger partial charge on any atom is 0.252 e. The van der Waals surface area contributed by atoms with E-state index >= 15 is 0 Å². The fourth-order valence-electron chi connectivity index (χ4n) is 4.77. The molecule has 0 saturated carbocycles. The lowest BCUT2D eigenvalue weighted by Gasteiger charge is -2.33. The first-order valence-electron chi connectivity index (χ1n) is 11.8. The molecule has 3 heterocycles. The van der Waals surface area contributed by atoms with Crippen molar-refractivity contribution in [3.05, 3.63) is 51.6 Å². The molecule has 0 spiro atoms. The largest absolute Gasteiger partial charge is 0.396 e. The van der Waals surface area contributed by atoms with Crippen LogP contribution in [0.15, 0.2) is 29.1 Å². The van der Waals surface area contributed by atoms with E-state index in [2.05, 4.69) is 39.3 Å². The lowest BCUT2D eigenvalue weighted by atomic mass is 10.00. The van der Waals surface area contributed by atoms with Gasteiger partial charge in [-0.05, 0) is 59.5 Å². The van der Waals surface area contributed by atoms with Gasteiger partial charge in [0, 0.05) is 31.9 Å². The van der Waals surface area contributed by atoms with Crippen molar-refractivity contribution in [1.29, 1.82) is 0 Å². The summed E-state index contributed by atoms with van der Waals surface area (Å²) in [4.78, 5) is 18.2. The summed E-state index contributed by atoms with van der Waals surface area (Å²) >= 11 is 0. The molecule has 0 amide bonds. The Hall–Kier alpha value is -2.62. The van der Waals surface area contributed by atoms with E-state index < -0.39 is 0 Å². The molecule has 1 saturated heterocycles. The normalized spacial score (nSPS) is 17.5. The van der Waals surface area contributed by atoms with Crippen LogP contribution in [0.1, 0.15) is 56.1 Å². The van der Waals surface area contributed by atoms with Crippen LogP contribution in [0, 0.1) is 12.8 Å². The molecule has 1 aliphatic heterocycles. The summed E-state index contributed by atoms with van der Waals surface area (Å²) in [5.41, 5.74) is 2.51. The Morgan fingerprint density at radius 1 is 1.36 bits per heavy atom. The molecule has 1 aromatic carbocycles. The van der Waals surface area contributed by atoms with E-state index in [-0.39, 0.29) is 30.2 Å². The first-order chi connectivity index (χ1) is 16.0. The molecule has 9 heteroatoms. The van der Waals surface area contributed by atoms with E-state index in [0.29, 0.717) is 31.6 Å². The summed E-state index contributed by atoms with van der Waals surface area (Å²) in [7, 11) is 0. The molecular formula is C24H34N6O3. The van der Waals surface area contributed by atoms with E-state index in [0.717, 1.165) is 41.7 Å². The van der Waals surface area contributed by atoms with E-state index in [4.69, 9.17) is 4.74 Å². The topological polar surface area (TPSA) is 109 Å². The fraction of sp³-hybridized carbons (Fsp3) is 0.583. The number of nitrogens with one attached hydrogen (secondary N) is 1. The van der Waals surface area contributed by atoms with Crippen molar-refractivity contribution in [3.8, 4) is 0 Å². The molecule has 1 fully saturated rings. The number of rotatable bonds is 10. The third kappa shape index (κ3) is 5.31. The average molecular weight is 455 g/mol. The molecule has 3 aromatic rings. The molecule has 33 heavy (non-hydrogen) atoms. The highest BCUT2D eigenvalue weighted by molar-refractivity contribution is 5.81. The maximum absolute atomic E-state index is 13.0. The smallest absolute Gasteiger partial charge is 0.252 e. The van der Waals surface area contributed by atoms with Gasteiger partial charge in [0.1, 0.15) is 0 Å². The van der Waals surface area contributed by atoms with Crippen LogP contribution < -0.4 is 5.56 Å². The third-order valence-electron chi connectivity index (χ3n) is 6.39. The Morgan fingerprint density at radius 3 is 2.94 bits per heavy atom. The first-order valence-corrected chi connectivity index (χ1v) is 11.8. The molecule has 2 atom stereocenters. The van der Waals surface area contributed by atoms with Gasteiger partial charge in [0.15, 0.2) is 5.82 Å². The fourth-order valence-corrected chi connectivity index (χ4v) is 4.77. The Labute approximate surface area is 193 Å². The predicted molar refractivity (Wildman–Crippen MR) is 126 cm³/mol. The summed E-state index contributed by atoms with van der Waals surface area (Å²) in [5.74, 6) is 0.964. The van der Waals surface area contributed by atoms with Crippen molar-refractivity contribution in [2.45, 2.75) is 65.3 Å². The quantitative estimate of drug-likeness (QED) is 0.485. The van der Waals surface area contributed by atoms with E-state index in [1.807, 2.05) is 35.9 Å². The number of H-pyrrole nitrogens is 1. The summed E-state index contributed by atoms with van der Waals surface area (Å²) in [6.45, 7) is 8.80. The second-order valence-electron chi connectivity index (χ2n) is 9.25. The molecule has 0 bridgehead atoms. The van der Waals surface area contributed by atoms with Gasteiger partial charge >= 0.3 is 0 Å². The monoisotopic (exact) mass is 454 g/mol. The summed E-state index contributed by atoms with van der Waals surface area (Å²) in [6.07, 6.45) is 2.78. The molecular weight excluding hydrogens is 420 g/mol. The van der Waals surface area contributed by atoms with Crippen LogP contribution >= 0.6 is 0 Å². The summed E-state index contributed by atoms with van der Waals surface area (Å²) in [5, 5.41) is 23.2. The third-order valence-corrected chi connectivity index (χ3v) is 6.39. The molecule has 9 nitrogen and oxygen atoms in total. The van der Waals surface area contributed by atoms with Gasteiger partial charge in [0.2, 0.25) is 0 Å². The number of aromatic nitrogens is 5. The standard InChI is InChI=1S/C24H34N6O3/c1-16(2)22(23-26-27-28-30(23)15-20-9-5-12-33-20)29(10-6-11-31)14-19-13-18-8-4-7-17(3)21(18)25-24(19)32/h4,7-8,13,16,20,22,31H,5-6,9-12,14-15H2,1-3H3,(H,25,32)/t20-,22-/m0/s1. The maximum atomic E-state index is 13.0. The van der Waals surface area contributed by atoms with Crippen molar-refractivity contribution in [2.24, 2.45) is 5.92 Å². The van der Waals surface area contributed by atoms with E-state index in [1.165, 1.54) is 0 Å². The molecule has 0 aliphatic carbocycles. The average Bonchev–Trinajstić information content (AvgIpc) is 3.46. The van der Waals surface area contributed by atoms with Crippen LogP contribution in [0.25, 0.3) is 10.9 Å². The van der Waals surface area contributed by atoms with Gasteiger partial charge in [-0.3, -0.25) is 9.69 Å². The van der Waals surface area contributed by atoms with Gasteiger partial charge in [0.25, 0.3) is 5.56 Å². The second-order valence-corrected chi connectivity index (χ2v) is 9.25. The number of hydrogen-bond donors (Lipinski definition) is 2. The Kier molecular flexibility index (Phi) is 7.52. The van der Waals surface area contributed by atoms with Gasteiger partial charge in [-0.1, -0.05) is 32.0 Å². The lowest BCUT2D eigenvalue weighted by molar-refractivity contribution is 0.0851. The molecule has 2 N–H and O–H groups in total. The number of para-hydroxylation sites is 1. The van der Waals surface area contributed by atoms with Gasteiger partial charge < -0.3 is 14.8 Å². The number of aromatic amines is 1. The number of hydrogen-bond acceptors (Lipinski definition) is 7. The van der Waals surface area contributed by atoms with Crippen molar-refractivity contribution in [1.82, 2.24) is 30.1 Å². The number of aryl methyl sites for hydroxylation is 1. The van der Waals surface area contributed by atoms with Crippen molar-refractivity contribution in [2.75, 3.05) is 19.8 Å². The minimum atomic E-state index is -0.111. The Balaban J connectivity index is 1.67. The van der Waals surface area contributed by atoms with E-state index in [1.54, 1.807) is 0 Å². The molecule has 0 radical (unpaired) electrons. The van der Waals surface area contributed by atoms with Gasteiger partial charge in [-0.15, -0.1) is 5.10 Å². The number of aliphatic hydroxyl groups is 1. The van der Waals surface area contributed by atoms with Crippen LogP contribution in [-0.2, 0) is 17.8 Å². The lowest BCUT2D eigenvalue weighted by Crippen LogP contribution is -2.37. The summed E-state index contributed by atoms with van der Waals surface area (Å²) < 4.78 is 7.65. The number of tetrazole rings is 1.